The number of nitrogens with zero attached hydrogens (tertiary/aromatic N) is 1. The fraction of sp³-hybridized carbons (Fsp3) is 0.500. The van der Waals surface area contributed by atoms with E-state index in [0.717, 1.165) is 24.0 Å². The second kappa shape index (κ2) is 4.55. The molecule has 0 amide bonds. The molecule has 3 nitrogen and oxygen atoms in total. The second-order valence-corrected chi connectivity index (χ2v) is 6.29. The van der Waals surface area contributed by atoms with E-state index in [2.05, 4.69) is 0 Å². The smallest absolute Gasteiger partial charge is 0.212 e. The summed E-state index contributed by atoms with van der Waals surface area (Å²) in [5, 5.41) is 0. The number of hydrogen-bond donors (Lipinski definition) is 0. The summed E-state index contributed by atoms with van der Waals surface area (Å²) in [5.41, 5.74) is 2.28. The molecular formula is C12H17NO2S. The maximum Gasteiger partial charge on any atom is 0.214 e. The fourth-order valence-corrected chi connectivity index (χ4v) is 3.54. The van der Waals surface area contributed by atoms with Crippen molar-refractivity contribution in [2.75, 3.05) is 5.75 Å². The van der Waals surface area contributed by atoms with Crippen molar-refractivity contribution in [3.63, 3.8) is 0 Å². The van der Waals surface area contributed by atoms with Gasteiger partial charge in [0.05, 0.1) is 5.75 Å². The van der Waals surface area contributed by atoms with Crippen molar-refractivity contribution < 1.29 is 8.42 Å². The monoisotopic (exact) mass is 239 g/mol. The molecule has 0 atom stereocenters. The number of sulfonamides is 1. The lowest BCUT2D eigenvalue weighted by Gasteiger charge is -2.14. The Labute approximate surface area is 97.1 Å². The molecule has 0 aliphatic carbocycles. The van der Waals surface area contributed by atoms with Gasteiger partial charge in [-0.3, -0.25) is 0 Å². The third-order valence-electron chi connectivity index (χ3n) is 2.96. The number of fused-ring (bicyclic) bond motifs is 1. The molecule has 0 spiro atoms. The van der Waals surface area contributed by atoms with E-state index in [-0.39, 0.29) is 5.75 Å². The number of benzene rings is 1. The average molecular weight is 239 g/mol. The summed E-state index contributed by atoms with van der Waals surface area (Å²) in [5.74, 6) is 0.275. The Bertz CT molecular complexity index is 443. The number of hydrogen-bond acceptors (Lipinski definition) is 2. The highest BCUT2D eigenvalue weighted by atomic mass is 32.2. The van der Waals surface area contributed by atoms with E-state index in [1.807, 2.05) is 31.2 Å². The Morgan fingerprint density at radius 3 is 2.25 bits per heavy atom. The van der Waals surface area contributed by atoms with Crippen LogP contribution in [0.3, 0.4) is 0 Å². The second-order valence-electron chi connectivity index (χ2n) is 4.21. The maximum atomic E-state index is 12.0. The molecule has 2 rings (SSSR count). The van der Waals surface area contributed by atoms with Gasteiger partial charge in [0.15, 0.2) is 0 Å². The Morgan fingerprint density at radius 2 is 1.75 bits per heavy atom. The highest BCUT2D eigenvalue weighted by molar-refractivity contribution is 7.89. The number of unbranched alkanes of at least 4 members (excludes halogenated alkanes) is 1. The highest BCUT2D eigenvalue weighted by Gasteiger charge is 2.27. The first-order valence-electron chi connectivity index (χ1n) is 5.68. The van der Waals surface area contributed by atoms with Crippen LogP contribution in [0.4, 0.5) is 0 Å². The van der Waals surface area contributed by atoms with Gasteiger partial charge in [0.2, 0.25) is 10.0 Å². The normalized spacial score (nSPS) is 16.3. The molecule has 4 heteroatoms. The van der Waals surface area contributed by atoms with Gasteiger partial charge in [0, 0.05) is 13.1 Å². The minimum atomic E-state index is -3.06. The van der Waals surface area contributed by atoms with Crippen LogP contribution in [0, 0.1) is 0 Å². The minimum Gasteiger partial charge on any atom is -0.212 e. The third kappa shape index (κ3) is 2.28. The lowest BCUT2D eigenvalue weighted by Crippen LogP contribution is -2.28. The van der Waals surface area contributed by atoms with Crippen LogP contribution < -0.4 is 0 Å². The van der Waals surface area contributed by atoms with Gasteiger partial charge in [-0.05, 0) is 17.5 Å². The van der Waals surface area contributed by atoms with Crippen molar-refractivity contribution in [1.82, 2.24) is 4.31 Å². The molecule has 1 aromatic carbocycles. The molecule has 0 unspecified atom stereocenters. The predicted octanol–water partition coefficient (Wildman–Crippen LogP) is 2.13. The molecule has 0 bridgehead atoms. The minimum absolute atomic E-state index is 0.275. The standard InChI is InChI=1S/C12H17NO2S/c1-2-3-8-16(14,15)13-9-11-6-4-5-7-12(11)10-13/h4-7H,2-3,8-10H2,1H3. The Morgan fingerprint density at radius 1 is 1.19 bits per heavy atom. The fourth-order valence-electron chi connectivity index (χ4n) is 1.95. The SMILES string of the molecule is CCCCS(=O)(=O)N1Cc2ccccc2C1. The summed E-state index contributed by atoms with van der Waals surface area (Å²) in [7, 11) is -3.06. The Balaban J connectivity index is 2.11. The summed E-state index contributed by atoms with van der Waals surface area (Å²) in [6.45, 7) is 3.10. The van der Waals surface area contributed by atoms with E-state index < -0.39 is 10.0 Å². The van der Waals surface area contributed by atoms with Crippen molar-refractivity contribution in [3.8, 4) is 0 Å². The molecule has 1 aliphatic heterocycles. The van der Waals surface area contributed by atoms with Crippen molar-refractivity contribution in [2.45, 2.75) is 32.9 Å². The summed E-state index contributed by atoms with van der Waals surface area (Å²) >= 11 is 0. The van der Waals surface area contributed by atoms with Gasteiger partial charge in [-0.1, -0.05) is 37.6 Å². The molecule has 88 valence electrons. The van der Waals surface area contributed by atoms with Crippen LogP contribution >= 0.6 is 0 Å². The summed E-state index contributed by atoms with van der Waals surface area (Å²) < 4.78 is 25.6. The number of rotatable bonds is 4. The van der Waals surface area contributed by atoms with Crippen LogP contribution in [0.15, 0.2) is 24.3 Å². The molecule has 0 N–H and O–H groups in total. The molecule has 1 heterocycles. The molecule has 0 saturated carbocycles. The Hall–Kier alpha value is -0.870. The average Bonchev–Trinajstić information content (AvgIpc) is 2.71. The van der Waals surface area contributed by atoms with Crippen LogP contribution in [-0.2, 0) is 23.1 Å². The van der Waals surface area contributed by atoms with Crippen molar-refractivity contribution >= 4 is 10.0 Å². The lowest BCUT2D eigenvalue weighted by molar-refractivity contribution is 0.430. The van der Waals surface area contributed by atoms with E-state index in [1.54, 1.807) is 4.31 Å². The van der Waals surface area contributed by atoms with Crippen molar-refractivity contribution in [3.05, 3.63) is 35.4 Å². The molecule has 1 aliphatic rings. The van der Waals surface area contributed by atoms with Gasteiger partial charge < -0.3 is 0 Å². The first kappa shape index (κ1) is 11.6. The topological polar surface area (TPSA) is 37.4 Å². The van der Waals surface area contributed by atoms with Gasteiger partial charge in [-0.2, -0.15) is 4.31 Å². The van der Waals surface area contributed by atoms with E-state index in [9.17, 15) is 8.42 Å². The van der Waals surface area contributed by atoms with Crippen LogP contribution in [0.1, 0.15) is 30.9 Å². The van der Waals surface area contributed by atoms with Gasteiger partial charge >= 0.3 is 0 Å². The first-order valence-corrected chi connectivity index (χ1v) is 7.29. The van der Waals surface area contributed by atoms with Gasteiger partial charge in [-0.25, -0.2) is 8.42 Å². The van der Waals surface area contributed by atoms with Crippen LogP contribution in [-0.4, -0.2) is 18.5 Å². The van der Waals surface area contributed by atoms with E-state index in [1.165, 1.54) is 0 Å². The van der Waals surface area contributed by atoms with Gasteiger partial charge in [-0.15, -0.1) is 0 Å². The Kier molecular flexibility index (Phi) is 3.30. The molecule has 1 aromatic rings. The first-order chi connectivity index (χ1) is 7.63. The van der Waals surface area contributed by atoms with Gasteiger partial charge in [0.25, 0.3) is 0 Å². The zero-order chi connectivity index (χ0) is 11.6. The largest absolute Gasteiger partial charge is 0.214 e. The summed E-state index contributed by atoms with van der Waals surface area (Å²) in [6, 6.07) is 7.93. The van der Waals surface area contributed by atoms with Crippen LogP contribution in [0.2, 0.25) is 0 Å². The molecule has 0 aromatic heterocycles. The zero-order valence-electron chi connectivity index (χ0n) is 9.52. The van der Waals surface area contributed by atoms with Gasteiger partial charge in [0.1, 0.15) is 0 Å². The van der Waals surface area contributed by atoms with E-state index >= 15 is 0 Å². The lowest BCUT2D eigenvalue weighted by atomic mass is 10.1. The van der Waals surface area contributed by atoms with Crippen molar-refractivity contribution in [2.24, 2.45) is 0 Å². The van der Waals surface area contributed by atoms with Crippen LogP contribution in [0.25, 0.3) is 0 Å². The molecule has 16 heavy (non-hydrogen) atoms. The summed E-state index contributed by atoms with van der Waals surface area (Å²) in [6.07, 6.45) is 1.66. The van der Waals surface area contributed by atoms with Crippen LogP contribution in [0.5, 0.6) is 0 Å². The molecule has 0 radical (unpaired) electrons. The molecular weight excluding hydrogens is 222 g/mol. The van der Waals surface area contributed by atoms with E-state index in [0.29, 0.717) is 13.1 Å². The summed E-state index contributed by atoms with van der Waals surface area (Å²) in [4.78, 5) is 0. The molecule has 0 saturated heterocycles. The van der Waals surface area contributed by atoms with Crippen molar-refractivity contribution in [1.29, 1.82) is 0 Å². The molecule has 0 fully saturated rings. The predicted molar refractivity (Wildman–Crippen MR) is 64.4 cm³/mol. The van der Waals surface area contributed by atoms with E-state index in [4.69, 9.17) is 0 Å². The quantitative estimate of drug-likeness (QED) is 0.807. The maximum absolute atomic E-state index is 12.0. The highest BCUT2D eigenvalue weighted by Crippen LogP contribution is 2.25. The third-order valence-corrected chi connectivity index (χ3v) is 4.81. The zero-order valence-corrected chi connectivity index (χ0v) is 10.3.